The SMILES string of the molecule is CCc1ccc(C(=O)N(C)C2CCCCC2Br)s1. The molecule has 1 aromatic heterocycles. The van der Waals surface area contributed by atoms with Crippen LogP contribution in [0.3, 0.4) is 0 Å². The molecule has 1 amide bonds. The minimum atomic E-state index is 0.177. The summed E-state index contributed by atoms with van der Waals surface area (Å²) in [5.74, 6) is 0.177. The first-order valence-electron chi connectivity index (χ1n) is 6.63. The van der Waals surface area contributed by atoms with Crippen LogP contribution in [0.2, 0.25) is 0 Å². The van der Waals surface area contributed by atoms with Gasteiger partial charge in [0.05, 0.1) is 4.88 Å². The molecule has 1 heterocycles. The number of carbonyl (C=O) groups is 1. The summed E-state index contributed by atoms with van der Waals surface area (Å²) in [6.07, 6.45) is 5.80. The van der Waals surface area contributed by atoms with Gasteiger partial charge in [0.2, 0.25) is 0 Å². The van der Waals surface area contributed by atoms with Crippen LogP contribution in [0.1, 0.15) is 47.2 Å². The second-order valence-electron chi connectivity index (χ2n) is 4.90. The van der Waals surface area contributed by atoms with Gasteiger partial charge in [-0.05, 0) is 31.4 Å². The Morgan fingerprint density at radius 1 is 1.44 bits per heavy atom. The number of nitrogens with zero attached hydrogens (tertiary/aromatic N) is 1. The Kier molecular flexibility index (Phi) is 4.84. The summed E-state index contributed by atoms with van der Waals surface area (Å²) in [7, 11) is 1.94. The fourth-order valence-corrected chi connectivity index (χ4v) is 4.38. The number of alkyl halides is 1. The Morgan fingerprint density at radius 3 is 2.78 bits per heavy atom. The summed E-state index contributed by atoms with van der Waals surface area (Å²) in [5.41, 5.74) is 0. The van der Waals surface area contributed by atoms with E-state index in [0.717, 1.165) is 17.7 Å². The van der Waals surface area contributed by atoms with Crippen LogP contribution in [-0.2, 0) is 6.42 Å². The van der Waals surface area contributed by atoms with E-state index in [1.807, 2.05) is 18.0 Å². The van der Waals surface area contributed by atoms with Gasteiger partial charge in [-0.25, -0.2) is 0 Å². The molecule has 2 nitrogen and oxygen atoms in total. The van der Waals surface area contributed by atoms with E-state index in [1.54, 1.807) is 11.3 Å². The van der Waals surface area contributed by atoms with Crippen molar-refractivity contribution in [2.75, 3.05) is 7.05 Å². The van der Waals surface area contributed by atoms with Crippen LogP contribution >= 0.6 is 27.3 Å². The molecule has 1 fully saturated rings. The zero-order valence-electron chi connectivity index (χ0n) is 11.0. The van der Waals surface area contributed by atoms with E-state index in [9.17, 15) is 4.79 Å². The first kappa shape index (κ1) is 14.1. The average Bonchev–Trinajstić information content (AvgIpc) is 2.86. The first-order chi connectivity index (χ1) is 8.63. The minimum Gasteiger partial charge on any atom is -0.337 e. The maximum atomic E-state index is 12.4. The highest BCUT2D eigenvalue weighted by Gasteiger charge is 2.29. The van der Waals surface area contributed by atoms with E-state index in [0.29, 0.717) is 10.9 Å². The van der Waals surface area contributed by atoms with Crippen molar-refractivity contribution < 1.29 is 4.79 Å². The molecule has 1 aromatic rings. The quantitative estimate of drug-likeness (QED) is 0.765. The van der Waals surface area contributed by atoms with E-state index >= 15 is 0 Å². The van der Waals surface area contributed by atoms with E-state index in [2.05, 4.69) is 28.9 Å². The van der Waals surface area contributed by atoms with Crippen molar-refractivity contribution in [3.63, 3.8) is 0 Å². The second kappa shape index (κ2) is 6.20. The van der Waals surface area contributed by atoms with Crippen molar-refractivity contribution in [3.05, 3.63) is 21.9 Å². The van der Waals surface area contributed by atoms with Crippen LogP contribution < -0.4 is 0 Å². The van der Waals surface area contributed by atoms with E-state index < -0.39 is 0 Å². The normalized spacial score (nSPS) is 23.9. The van der Waals surface area contributed by atoms with Gasteiger partial charge in [-0.1, -0.05) is 35.7 Å². The molecule has 4 heteroatoms. The van der Waals surface area contributed by atoms with E-state index in [1.165, 1.54) is 24.1 Å². The molecule has 1 aliphatic carbocycles. The Bertz CT molecular complexity index is 418. The Labute approximate surface area is 122 Å². The molecular formula is C14H20BrNOS. The largest absolute Gasteiger partial charge is 0.337 e. The average molecular weight is 330 g/mol. The highest BCUT2D eigenvalue weighted by molar-refractivity contribution is 9.09. The third-order valence-electron chi connectivity index (χ3n) is 3.69. The number of thiophene rings is 1. The topological polar surface area (TPSA) is 20.3 Å². The predicted octanol–water partition coefficient (Wildman–Crippen LogP) is 4.09. The maximum absolute atomic E-state index is 12.4. The molecule has 0 bridgehead atoms. The van der Waals surface area contributed by atoms with Gasteiger partial charge in [0, 0.05) is 22.8 Å². The Hall–Kier alpha value is -0.350. The van der Waals surface area contributed by atoms with Crippen molar-refractivity contribution in [1.82, 2.24) is 4.90 Å². The highest BCUT2D eigenvalue weighted by Crippen LogP contribution is 2.29. The van der Waals surface area contributed by atoms with Crippen molar-refractivity contribution in [2.24, 2.45) is 0 Å². The number of amides is 1. The second-order valence-corrected chi connectivity index (χ2v) is 7.25. The van der Waals surface area contributed by atoms with Crippen LogP contribution in [0.15, 0.2) is 12.1 Å². The molecule has 0 N–H and O–H groups in total. The smallest absolute Gasteiger partial charge is 0.263 e. The summed E-state index contributed by atoms with van der Waals surface area (Å²) in [6, 6.07) is 4.38. The molecule has 0 aliphatic heterocycles. The lowest BCUT2D eigenvalue weighted by Crippen LogP contribution is -2.43. The summed E-state index contributed by atoms with van der Waals surface area (Å²) in [6.45, 7) is 2.12. The summed E-state index contributed by atoms with van der Waals surface area (Å²) < 4.78 is 0. The molecule has 0 aromatic carbocycles. The maximum Gasteiger partial charge on any atom is 0.263 e. The molecule has 0 spiro atoms. The molecule has 2 rings (SSSR count). The number of halogens is 1. The zero-order chi connectivity index (χ0) is 13.1. The minimum absolute atomic E-state index is 0.177. The number of hydrogen-bond acceptors (Lipinski definition) is 2. The lowest BCUT2D eigenvalue weighted by molar-refractivity contribution is 0.0709. The fraction of sp³-hybridized carbons (Fsp3) is 0.643. The van der Waals surface area contributed by atoms with Gasteiger partial charge in [-0.15, -0.1) is 11.3 Å². The van der Waals surface area contributed by atoms with Crippen molar-refractivity contribution in [2.45, 2.75) is 49.9 Å². The van der Waals surface area contributed by atoms with Crippen LogP contribution in [0, 0.1) is 0 Å². The molecule has 0 saturated heterocycles. The van der Waals surface area contributed by atoms with Gasteiger partial charge in [0.15, 0.2) is 0 Å². The van der Waals surface area contributed by atoms with Gasteiger partial charge in [0.1, 0.15) is 0 Å². The lowest BCUT2D eigenvalue weighted by Gasteiger charge is -2.35. The molecule has 1 aliphatic rings. The zero-order valence-corrected chi connectivity index (χ0v) is 13.4. The van der Waals surface area contributed by atoms with Gasteiger partial charge in [-0.2, -0.15) is 0 Å². The Morgan fingerprint density at radius 2 is 2.17 bits per heavy atom. The molecular weight excluding hydrogens is 310 g/mol. The third-order valence-corrected chi connectivity index (χ3v) is 5.97. The summed E-state index contributed by atoms with van der Waals surface area (Å²) in [5, 5.41) is 0. The standard InChI is InChI=1S/C14H20BrNOS/c1-3-10-8-9-13(18-10)14(17)16(2)12-7-5-4-6-11(12)15/h8-9,11-12H,3-7H2,1-2H3. The van der Waals surface area contributed by atoms with Crippen LogP contribution in [0.4, 0.5) is 0 Å². The summed E-state index contributed by atoms with van der Waals surface area (Å²) in [4.78, 5) is 17.0. The molecule has 2 unspecified atom stereocenters. The monoisotopic (exact) mass is 329 g/mol. The van der Waals surface area contributed by atoms with Crippen LogP contribution in [-0.4, -0.2) is 28.7 Å². The van der Waals surface area contributed by atoms with Gasteiger partial charge in [0.25, 0.3) is 5.91 Å². The number of hydrogen-bond donors (Lipinski definition) is 0. The number of aryl methyl sites for hydroxylation is 1. The number of rotatable bonds is 3. The van der Waals surface area contributed by atoms with Crippen molar-refractivity contribution >= 4 is 33.2 Å². The molecule has 18 heavy (non-hydrogen) atoms. The van der Waals surface area contributed by atoms with E-state index in [-0.39, 0.29) is 5.91 Å². The fourth-order valence-electron chi connectivity index (χ4n) is 2.51. The van der Waals surface area contributed by atoms with Gasteiger partial charge >= 0.3 is 0 Å². The molecule has 0 radical (unpaired) electrons. The van der Waals surface area contributed by atoms with Crippen LogP contribution in [0.25, 0.3) is 0 Å². The number of carbonyl (C=O) groups excluding carboxylic acids is 1. The van der Waals surface area contributed by atoms with Crippen LogP contribution in [0.5, 0.6) is 0 Å². The Balaban J connectivity index is 2.07. The van der Waals surface area contributed by atoms with Crippen molar-refractivity contribution in [3.8, 4) is 0 Å². The lowest BCUT2D eigenvalue weighted by atomic mass is 9.94. The van der Waals surface area contributed by atoms with Gasteiger partial charge in [-0.3, -0.25) is 4.79 Å². The van der Waals surface area contributed by atoms with E-state index in [4.69, 9.17) is 0 Å². The molecule has 2 atom stereocenters. The van der Waals surface area contributed by atoms with Gasteiger partial charge < -0.3 is 4.90 Å². The highest BCUT2D eigenvalue weighted by atomic mass is 79.9. The first-order valence-corrected chi connectivity index (χ1v) is 8.36. The molecule has 100 valence electrons. The summed E-state index contributed by atoms with van der Waals surface area (Å²) >= 11 is 5.35. The third kappa shape index (κ3) is 2.97. The van der Waals surface area contributed by atoms with Crippen molar-refractivity contribution in [1.29, 1.82) is 0 Å². The molecule has 1 saturated carbocycles. The predicted molar refractivity (Wildman–Crippen MR) is 80.8 cm³/mol.